The van der Waals surface area contributed by atoms with Crippen molar-refractivity contribution < 1.29 is 24.2 Å². The minimum Gasteiger partial charge on any atom is -0.488 e. The van der Waals surface area contributed by atoms with Crippen LogP contribution in [0.2, 0.25) is 0 Å². The van der Waals surface area contributed by atoms with E-state index in [9.17, 15) is 14.7 Å². The highest BCUT2D eigenvalue weighted by Crippen LogP contribution is 2.25. The first-order chi connectivity index (χ1) is 12.0. The number of hydrogen-bond donors (Lipinski definition) is 2. The molecule has 6 nitrogen and oxygen atoms in total. The summed E-state index contributed by atoms with van der Waals surface area (Å²) >= 11 is 0. The number of carboxylic acid groups (broad SMARTS) is 1. The van der Waals surface area contributed by atoms with E-state index in [-0.39, 0.29) is 23.8 Å². The van der Waals surface area contributed by atoms with Crippen LogP contribution in [-0.4, -0.2) is 31.1 Å². The highest BCUT2D eigenvalue weighted by Gasteiger charge is 2.22. The van der Waals surface area contributed by atoms with E-state index < -0.39 is 12.1 Å². The lowest BCUT2D eigenvalue weighted by Crippen LogP contribution is -2.27. The zero-order valence-electron chi connectivity index (χ0n) is 14.4. The molecular formula is C19H21NO5. The number of carbonyl (C=O) groups is 2. The summed E-state index contributed by atoms with van der Waals surface area (Å²) in [5.74, 6) is -1.03. The molecule has 2 aromatic rings. The summed E-state index contributed by atoms with van der Waals surface area (Å²) < 4.78 is 11.0. The van der Waals surface area contributed by atoms with Crippen LogP contribution < -0.4 is 10.1 Å². The number of aromatic carboxylic acids is 1. The molecule has 0 saturated heterocycles. The van der Waals surface area contributed by atoms with Gasteiger partial charge in [-0.2, -0.15) is 0 Å². The van der Waals surface area contributed by atoms with Crippen LogP contribution in [0.4, 0.5) is 0 Å². The molecule has 0 fully saturated rings. The van der Waals surface area contributed by atoms with Gasteiger partial charge in [-0.15, -0.1) is 0 Å². The van der Waals surface area contributed by atoms with Gasteiger partial charge in [0, 0.05) is 14.2 Å². The summed E-state index contributed by atoms with van der Waals surface area (Å²) in [4.78, 5) is 23.3. The van der Waals surface area contributed by atoms with E-state index in [0.29, 0.717) is 5.56 Å². The fourth-order valence-corrected chi connectivity index (χ4v) is 2.51. The molecule has 2 N–H and O–H groups in total. The van der Waals surface area contributed by atoms with Crippen molar-refractivity contribution in [2.45, 2.75) is 19.6 Å². The van der Waals surface area contributed by atoms with Gasteiger partial charge in [0.2, 0.25) is 0 Å². The lowest BCUT2D eigenvalue weighted by molar-refractivity contribution is -0.130. The number of likely N-dealkylation sites (N-methyl/N-ethyl adjacent to an activating group) is 1. The second kappa shape index (κ2) is 8.30. The minimum absolute atomic E-state index is 0.0951. The number of benzene rings is 2. The van der Waals surface area contributed by atoms with E-state index in [1.807, 2.05) is 25.1 Å². The number of methoxy groups -OCH3 is 1. The molecule has 25 heavy (non-hydrogen) atoms. The molecule has 0 aromatic heterocycles. The van der Waals surface area contributed by atoms with Crippen LogP contribution in [0.5, 0.6) is 5.75 Å². The maximum atomic E-state index is 12.0. The second-order valence-electron chi connectivity index (χ2n) is 5.52. The second-order valence-corrected chi connectivity index (χ2v) is 5.52. The van der Waals surface area contributed by atoms with Crippen LogP contribution in [0.1, 0.15) is 33.2 Å². The monoisotopic (exact) mass is 343 g/mol. The number of carbonyl (C=O) groups excluding carboxylic acids is 1. The summed E-state index contributed by atoms with van der Waals surface area (Å²) in [6.45, 7) is 1.98. The van der Waals surface area contributed by atoms with Gasteiger partial charge in [-0.3, -0.25) is 4.79 Å². The van der Waals surface area contributed by atoms with Crippen LogP contribution in [0.15, 0.2) is 42.5 Å². The first kappa shape index (κ1) is 18.5. The molecule has 0 spiro atoms. The predicted molar refractivity (Wildman–Crippen MR) is 92.7 cm³/mol. The Bertz CT molecular complexity index is 772. The van der Waals surface area contributed by atoms with Crippen LogP contribution in [-0.2, 0) is 16.1 Å². The Hall–Kier alpha value is -2.86. The Labute approximate surface area is 146 Å². The lowest BCUT2D eigenvalue weighted by atomic mass is 10.0. The standard InChI is InChI=1S/C19H21NO5/c1-12-8-9-15(19(22)23)16(10-12)25-11-13-6-4-5-7-14(13)17(24-3)18(21)20-2/h4-10,17H,11H2,1-3H3,(H,20,21)(H,22,23). The number of amides is 1. The van der Waals surface area contributed by atoms with Crippen molar-refractivity contribution in [3.63, 3.8) is 0 Å². The largest absolute Gasteiger partial charge is 0.488 e. The summed E-state index contributed by atoms with van der Waals surface area (Å²) in [7, 11) is 3.00. The van der Waals surface area contributed by atoms with E-state index >= 15 is 0 Å². The van der Waals surface area contributed by atoms with Gasteiger partial charge in [0.1, 0.15) is 17.9 Å². The van der Waals surface area contributed by atoms with Crippen molar-refractivity contribution in [3.05, 3.63) is 64.7 Å². The topological polar surface area (TPSA) is 84.9 Å². The normalized spacial score (nSPS) is 11.6. The molecule has 1 unspecified atom stereocenters. The third-order valence-electron chi connectivity index (χ3n) is 3.81. The van der Waals surface area contributed by atoms with E-state index in [1.165, 1.54) is 13.2 Å². The molecule has 0 aliphatic carbocycles. The minimum atomic E-state index is -1.05. The highest BCUT2D eigenvalue weighted by atomic mass is 16.5. The molecule has 1 amide bonds. The molecule has 2 aromatic carbocycles. The number of rotatable bonds is 7. The van der Waals surface area contributed by atoms with Gasteiger partial charge >= 0.3 is 5.97 Å². The third-order valence-corrected chi connectivity index (χ3v) is 3.81. The molecule has 132 valence electrons. The number of ether oxygens (including phenoxy) is 2. The Morgan fingerprint density at radius 2 is 1.92 bits per heavy atom. The van der Waals surface area contributed by atoms with Gasteiger partial charge in [-0.05, 0) is 35.7 Å². The molecule has 0 heterocycles. The quantitative estimate of drug-likeness (QED) is 0.807. The zero-order valence-corrected chi connectivity index (χ0v) is 14.4. The SMILES string of the molecule is CNC(=O)C(OC)c1ccccc1COc1cc(C)ccc1C(=O)O. The molecule has 1 atom stereocenters. The molecule has 0 aliphatic heterocycles. The van der Waals surface area contributed by atoms with E-state index in [4.69, 9.17) is 9.47 Å². The van der Waals surface area contributed by atoms with Crippen LogP contribution >= 0.6 is 0 Å². The van der Waals surface area contributed by atoms with E-state index in [2.05, 4.69) is 5.32 Å². The van der Waals surface area contributed by atoms with Gasteiger partial charge in [-0.1, -0.05) is 30.3 Å². The van der Waals surface area contributed by atoms with Gasteiger partial charge in [0.05, 0.1) is 0 Å². The summed E-state index contributed by atoms with van der Waals surface area (Å²) in [6, 6.07) is 12.2. The fourth-order valence-electron chi connectivity index (χ4n) is 2.51. The molecule has 0 aliphatic rings. The van der Waals surface area contributed by atoms with Crippen molar-refractivity contribution in [1.29, 1.82) is 0 Å². The number of carboxylic acids is 1. The Kier molecular flexibility index (Phi) is 6.14. The van der Waals surface area contributed by atoms with E-state index in [1.54, 1.807) is 25.2 Å². The predicted octanol–water partition coefficient (Wildman–Crippen LogP) is 2.71. The van der Waals surface area contributed by atoms with Crippen molar-refractivity contribution in [2.24, 2.45) is 0 Å². The van der Waals surface area contributed by atoms with Gasteiger partial charge in [0.15, 0.2) is 6.10 Å². The average Bonchev–Trinajstić information content (AvgIpc) is 2.61. The third kappa shape index (κ3) is 4.36. The Morgan fingerprint density at radius 1 is 1.20 bits per heavy atom. The van der Waals surface area contributed by atoms with Gasteiger partial charge in [-0.25, -0.2) is 4.79 Å². The maximum Gasteiger partial charge on any atom is 0.339 e. The zero-order chi connectivity index (χ0) is 18.4. The summed E-state index contributed by atoms with van der Waals surface area (Å²) in [5, 5.41) is 11.9. The lowest BCUT2D eigenvalue weighted by Gasteiger charge is -2.18. The van der Waals surface area contributed by atoms with Gasteiger partial charge < -0.3 is 19.9 Å². The number of nitrogens with one attached hydrogen (secondary N) is 1. The highest BCUT2D eigenvalue weighted by molar-refractivity contribution is 5.91. The first-order valence-corrected chi connectivity index (χ1v) is 7.76. The molecule has 0 bridgehead atoms. The first-order valence-electron chi connectivity index (χ1n) is 7.76. The Morgan fingerprint density at radius 3 is 2.56 bits per heavy atom. The summed E-state index contributed by atoms with van der Waals surface area (Å²) in [5.41, 5.74) is 2.41. The van der Waals surface area contributed by atoms with Crippen LogP contribution in [0.3, 0.4) is 0 Å². The van der Waals surface area contributed by atoms with Crippen molar-refractivity contribution in [1.82, 2.24) is 5.32 Å². The molecule has 0 saturated carbocycles. The maximum absolute atomic E-state index is 12.0. The van der Waals surface area contributed by atoms with Crippen LogP contribution in [0, 0.1) is 6.92 Å². The smallest absolute Gasteiger partial charge is 0.339 e. The van der Waals surface area contributed by atoms with Crippen LogP contribution in [0.25, 0.3) is 0 Å². The summed E-state index contributed by atoms with van der Waals surface area (Å²) in [6.07, 6.45) is -0.763. The number of hydrogen-bond acceptors (Lipinski definition) is 4. The van der Waals surface area contributed by atoms with E-state index in [0.717, 1.165) is 11.1 Å². The van der Waals surface area contributed by atoms with Crippen molar-refractivity contribution in [2.75, 3.05) is 14.2 Å². The van der Waals surface area contributed by atoms with Gasteiger partial charge in [0.25, 0.3) is 5.91 Å². The molecule has 0 radical (unpaired) electrons. The molecule has 6 heteroatoms. The van der Waals surface area contributed by atoms with Crippen molar-refractivity contribution in [3.8, 4) is 5.75 Å². The molecular weight excluding hydrogens is 322 g/mol. The Balaban J connectivity index is 2.29. The molecule has 2 rings (SSSR count). The van der Waals surface area contributed by atoms with Crippen molar-refractivity contribution >= 4 is 11.9 Å². The average molecular weight is 343 g/mol. The fraction of sp³-hybridized carbons (Fsp3) is 0.263. The number of aryl methyl sites for hydroxylation is 1.